The van der Waals surface area contributed by atoms with Crippen molar-refractivity contribution in [3.63, 3.8) is 0 Å². The summed E-state index contributed by atoms with van der Waals surface area (Å²) in [5.74, 6) is 1.09. The summed E-state index contributed by atoms with van der Waals surface area (Å²) in [6.07, 6.45) is 1.00. The number of piperazine rings is 1. The third-order valence-corrected chi connectivity index (χ3v) is 4.11. The van der Waals surface area contributed by atoms with Crippen LogP contribution in [0.5, 0.6) is 5.75 Å². The molecular formula is C18H28N2O3. The van der Waals surface area contributed by atoms with E-state index in [0.29, 0.717) is 19.6 Å². The minimum Gasteiger partial charge on any atom is -0.494 e. The number of hydrogen-bond donors (Lipinski definition) is 1. The number of rotatable bonds is 7. The van der Waals surface area contributed by atoms with Crippen molar-refractivity contribution in [1.82, 2.24) is 9.80 Å². The smallest absolute Gasteiger partial charge is 0.222 e. The molecule has 1 heterocycles. The summed E-state index contributed by atoms with van der Waals surface area (Å²) < 4.78 is 5.42. The van der Waals surface area contributed by atoms with Gasteiger partial charge in [0.2, 0.25) is 5.91 Å². The van der Waals surface area contributed by atoms with Crippen LogP contribution in [0.25, 0.3) is 0 Å². The number of carbonyl (C=O) groups is 1. The van der Waals surface area contributed by atoms with Crippen molar-refractivity contribution in [3.05, 3.63) is 29.8 Å². The Kier molecular flexibility index (Phi) is 6.86. The lowest BCUT2D eigenvalue weighted by Crippen LogP contribution is -2.50. The fourth-order valence-corrected chi connectivity index (χ4v) is 2.88. The van der Waals surface area contributed by atoms with Crippen molar-refractivity contribution in [2.75, 3.05) is 39.3 Å². The van der Waals surface area contributed by atoms with Gasteiger partial charge in [0.25, 0.3) is 0 Å². The van der Waals surface area contributed by atoms with Gasteiger partial charge in [0.05, 0.1) is 12.7 Å². The molecule has 0 aliphatic carbocycles. The van der Waals surface area contributed by atoms with Crippen LogP contribution in [0.15, 0.2) is 24.3 Å². The summed E-state index contributed by atoms with van der Waals surface area (Å²) in [5, 5.41) is 9.41. The van der Waals surface area contributed by atoms with Gasteiger partial charge in [-0.3, -0.25) is 9.69 Å². The number of benzene rings is 1. The molecule has 1 aromatic rings. The van der Waals surface area contributed by atoms with E-state index in [0.717, 1.165) is 43.9 Å². The van der Waals surface area contributed by atoms with Gasteiger partial charge in [-0.2, -0.15) is 0 Å². The monoisotopic (exact) mass is 320 g/mol. The van der Waals surface area contributed by atoms with Crippen LogP contribution in [0, 0.1) is 0 Å². The molecule has 0 radical (unpaired) electrons. The number of ether oxygens (including phenoxy) is 1. The van der Waals surface area contributed by atoms with Crippen LogP contribution in [0.1, 0.15) is 25.8 Å². The first kappa shape index (κ1) is 17.8. The Morgan fingerprint density at radius 3 is 2.43 bits per heavy atom. The molecule has 1 aromatic carbocycles. The summed E-state index contributed by atoms with van der Waals surface area (Å²) in [7, 11) is 0. The molecule has 5 nitrogen and oxygen atoms in total. The number of aliphatic hydroxyl groups excluding tert-OH is 1. The fourth-order valence-electron chi connectivity index (χ4n) is 2.88. The molecule has 1 fully saturated rings. The lowest BCUT2D eigenvalue weighted by atomic mass is 10.1. The first-order valence-corrected chi connectivity index (χ1v) is 8.48. The number of aryl methyl sites for hydroxylation is 1. The van der Waals surface area contributed by atoms with E-state index in [1.165, 1.54) is 0 Å². The molecule has 1 N–H and O–H groups in total. The third-order valence-electron chi connectivity index (χ3n) is 4.11. The highest BCUT2D eigenvalue weighted by molar-refractivity contribution is 5.76. The number of carbonyl (C=O) groups excluding carboxylic acids is 1. The van der Waals surface area contributed by atoms with E-state index in [1.54, 1.807) is 6.92 Å². The van der Waals surface area contributed by atoms with Crippen molar-refractivity contribution >= 4 is 5.91 Å². The summed E-state index contributed by atoms with van der Waals surface area (Å²) in [5.41, 5.74) is 1.16. The minimum absolute atomic E-state index is 0.218. The van der Waals surface area contributed by atoms with Crippen molar-refractivity contribution < 1.29 is 14.6 Å². The standard InChI is InChI=1S/C18H28N2O3/c1-3-23-17-7-4-16(5-8-17)6-9-18(22)20-12-10-19(11-13-20)14-15(2)21/h4-5,7-8,15,21H,3,6,9-14H2,1-2H3. The molecule has 23 heavy (non-hydrogen) atoms. The SMILES string of the molecule is CCOc1ccc(CCC(=O)N2CCN(CC(C)O)CC2)cc1. The Morgan fingerprint density at radius 1 is 1.22 bits per heavy atom. The highest BCUT2D eigenvalue weighted by Crippen LogP contribution is 2.14. The minimum atomic E-state index is -0.308. The molecule has 0 saturated carbocycles. The predicted octanol–water partition coefficient (Wildman–Crippen LogP) is 1.54. The molecule has 1 aliphatic heterocycles. The number of hydrogen-bond acceptors (Lipinski definition) is 4. The maximum absolute atomic E-state index is 12.3. The topological polar surface area (TPSA) is 53.0 Å². The van der Waals surface area contributed by atoms with Crippen molar-refractivity contribution in [2.45, 2.75) is 32.8 Å². The Morgan fingerprint density at radius 2 is 1.87 bits per heavy atom. The van der Waals surface area contributed by atoms with E-state index in [1.807, 2.05) is 36.1 Å². The molecule has 0 bridgehead atoms. The Balaban J connectivity index is 1.73. The zero-order valence-electron chi connectivity index (χ0n) is 14.2. The van der Waals surface area contributed by atoms with E-state index in [2.05, 4.69) is 4.90 Å². The quantitative estimate of drug-likeness (QED) is 0.828. The Hall–Kier alpha value is -1.59. The molecule has 1 unspecified atom stereocenters. The zero-order valence-corrected chi connectivity index (χ0v) is 14.2. The normalized spacial score (nSPS) is 17.1. The van der Waals surface area contributed by atoms with E-state index in [-0.39, 0.29) is 12.0 Å². The van der Waals surface area contributed by atoms with Crippen molar-refractivity contribution in [3.8, 4) is 5.75 Å². The van der Waals surface area contributed by atoms with Gasteiger partial charge in [-0.05, 0) is 38.0 Å². The van der Waals surface area contributed by atoms with Gasteiger partial charge in [-0.1, -0.05) is 12.1 Å². The molecule has 1 aliphatic rings. The van der Waals surface area contributed by atoms with Crippen LogP contribution in [-0.2, 0) is 11.2 Å². The molecule has 0 aromatic heterocycles. The highest BCUT2D eigenvalue weighted by Gasteiger charge is 2.21. The Bertz CT molecular complexity index is 480. The second kappa shape index (κ2) is 8.89. The van der Waals surface area contributed by atoms with Crippen LogP contribution in [-0.4, -0.2) is 66.2 Å². The molecule has 0 spiro atoms. The van der Waals surface area contributed by atoms with Gasteiger partial charge >= 0.3 is 0 Å². The van der Waals surface area contributed by atoms with Crippen LogP contribution >= 0.6 is 0 Å². The second-order valence-electron chi connectivity index (χ2n) is 6.11. The first-order chi connectivity index (χ1) is 11.1. The number of nitrogens with zero attached hydrogens (tertiary/aromatic N) is 2. The van der Waals surface area contributed by atoms with Crippen molar-refractivity contribution in [2.24, 2.45) is 0 Å². The highest BCUT2D eigenvalue weighted by atomic mass is 16.5. The first-order valence-electron chi connectivity index (χ1n) is 8.48. The molecule has 128 valence electrons. The maximum Gasteiger partial charge on any atom is 0.222 e. The van der Waals surface area contributed by atoms with Gasteiger partial charge in [0.15, 0.2) is 0 Å². The van der Waals surface area contributed by atoms with Crippen LogP contribution < -0.4 is 4.74 Å². The molecule has 1 amide bonds. The molecule has 5 heteroatoms. The third kappa shape index (κ3) is 5.84. The molecule has 1 saturated heterocycles. The summed E-state index contributed by atoms with van der Waals surface area (Å²) in [6, 6.07) is 7.97. The predicted molar refractivity (Wildman–Crippen MR) is 90.6 cm³/mol. The van der Waals surface area contributed by atoms with E-state index in [4.69, 9.17) is 4.74 Å². The molecular weight excluding hydrogens is 292 g/mol. The zero-order chi connectivity index (χ0) is 16.7. The van der Waals surface area contributed by atoms with Crippen LogP contribution in [0.3, 0.4) is 0 Å². The Labute approximate surface area is 138 Å². The fraction of sp³-hybridized carbons (Fsp3) is 0.611. The molecule has 1 atom stereocenters. The van der Waals surface area contributed by atoms with E-state index < -0.39 is 0 Å². The van der Waals surface area contributed by atoms with Crippen LogP contribution in [0.4, 0.5) is 0 Å². The maximum atomic E-state index is 12.3. The van der Waals surface area contributed by atoms with E-state index >= 15 is 0 Å². The number of amides is 1. The summed E-state index contributed by atoms with van der Waals surface area (Å²) in [6.45, 7) is 8.33. The second-order valence-corrected chi connectivity index (χ2v) is 6.11. The number of aliphatic hydroxyl groups is 1. The van der Waals surface area contributed by atoms with Crippen molar-refractivity contribution in [1.29, 1.82) is 0 Å². The molecule has 2 rings (SSSR count). The van der Waals surface area contributed by atoms with Crippen LogP contribution in [0.2, 0.25) is 0 Å². The van der Waals surface area contributed by atoms with Gasteiger partial charge < -0.3 is 14.7 Å². The average Bonchev–Trinajstić information content (AvgIpc) is 2.54. The lowest BCUT2D eigenvalue weighted by molar-refractivity contribution is -0.133. The summed E-state index contributed by atoms with van der Waals surface area (Å²) >= 11 is 0. The summed E-state index contributed by atoms with van der Waals surface area (Å²) in [4.78, 5) is 16.4. The van der Waals surface area contributed by atoms with E-state index in [9.17, 15) is 9.90 Å². The average molecular weight is 320 g/mol. The van der Waals surface area contributed by atoms with Gasteiger partial charge in [-0.25, -0.2) is 0 Å². The number of β-amino-alcohol motifs (C(OH)–C–C–N with tert-alkyl or cyclic N) is 1. The largest absolute Gasteiger partial charge is 0.494 e. The van der Waals surface area contributed by atoms with Gasteiger partial charge in [-0.15, -0.1) is 0 Å². The lowest BCUT2D eigenvalue weighted by Gasteiger charge is -2.35. The van der Waals surface area contributed by atoms with Gasteiger partial charge in [0, 0.05) is 39.1 Å². The van der Waals surface area contributed by atoms with Gasteiger partial charge in [0.1, 0.15) is 5.75 Å².